The zero-order valence-electron chi connectivity index (χ0n) is 12.4. The van der Waals surface area contributed by atoms with Gasteiger partial charge in [0.2, 0.25) is 0 Å². The van der Waals surface area contributed by atoms with Crippen LogP contribution in [0.4, 0.5) is 0 Å². The van der Waals surface area contributed by atoms with E-state index in [1.165, 1.54) is 5.56 Å². The van der Waals surface area contributed by atoms with Crippen molar-refractivity contribution in [2.45, 2.75) is 27.3 Å². The summed E-state index contributed by atoms with van der Waals surface area (Å²) in [7, 11) is 1.93. The number of aryl methyl sites for hydroxylation is 3. The lowest BCUT2D eigenvalue weighted by molar-refractivity contribution is 0.473. The number of ether oxygens (including phenoxy) is 1. The smallest absolute Gasteiger partial charge is 0.131 e. The topological polar surface area (TPSA) is 21.3 Å². The lowest BCUT2D eigenvalue weighted by Gasteiger charge is -2.13. The van der Waals surface area contributed by atoms with E-state index in [-0.39, 0.29) is 0 Å². The van der Waals surface area contributed by atoms with E-state index in [1.807, 2.05) is 39.1 Å². The maximum atomic E-state index is 6.19. The van der Waals surface area contributed by atoms with Crippen LogP contribution in [0.3, 0.4) is 0 Å². The van der Waals surface area contributed by atoms with Crippen molar-refractivity contribution in [2.24, 2.45) is 0 Å². The van der Waals surface area contributed by atoms with Crippen LogP contribution < -0.4 is 10.1 Å². The molecule has 0 aliphatic heterocycles. The Bertz CT molecular complexity index is 599. The van der Waals surface area contributed by atoms with Gasteiger partial charge in [-0.2, -0.15) is 0 Å². The Morgan fingerprint density at radius 1 is 1.05 bits per heavy atom. The third-order valence-corrected chi connectivity index (χ3v) is 3.82. The Hall–Kier alpha value is -1.51. The van der Waals surface area contributed by atoms with E-state index in [0.29, 0.717) is 0 Å². The molecule has 0 aliphatic rings. The molecule has 0 heterocycles. The zero-order chi connectivity index (χ0) is 14.7. The van der Waals surface area contributed by atoms with Gasteiger partial charge in [0.15, 0.2) is 0 Å². The molecule has 3 heteroatoms. The number of nitrogens with one attached hydrogen (secondary N) is 1. The van der Waals surface area contributed by atoms with Crippen molar-refractivity contribution in [3.63, 3.8) is 0 Å². The van der Waals surface area contributed by atoms with Crippen molar-refractivity contribution < 1.29 is 4.74 Å². The van der Waals surface area contributed by atoms with E-state index in [4.69, 9.17) is 16.3 Å². The molecule has 0 atom stereocenters. The molecule has 0 amide bonds. The minimum atomic E-state index is 0.780. The molecule has 0 saturated carbocycles. The molecular weight excluding hydrogens is 270 g/mol. The molecule has 0 unspecified atom stereocenters. The van der Waals surface area contributed by atoms with Gasteiger partial charge < -0.3 is 10.1 Å². The largest absolute Gasteiger partial charge is 0.457 e. The van der Waals surface area contributed by atoms with Crippen LogP contribution in [0.2, 0.25) is 5.02 Å². The lowest BCUT2D eigenvalue weighted by atomic mass is 10.1. The van der Waals surface area contributed by atoms with Crippen molar-refractivity contribution in [3.05, 3.63) is 57.6 Å². The minimum Gasteiger partial charge on any atom is -0.457 e. The highest BCUT2D eigenvalue weighted by Crippen LogP contribution is 2.31. The molecule has 2 rings (SSSR count). The summed E-state index contributed by atoms with van der Waals surface area (Å²) in [5.41, 5.74) is 4.44. The van der Waals surface area contributed by atoms with Gasteiger partial charge in [-0.1, -0.05) is 29.3 Å². The fourth-order valence-corrected chi connectivity index (χ4v) is 2.34. The first-order valence-electron chi connectivity index (χ1n) is 6.70. The molecule has 0 radical (unpaired) electrons. The standard InChI is InChI=1S/C17H20ClNO/c1-11-5-6-16(14(7-11)10-19-4)20-15-8-12(2)17(18)13(3)9-15/h5-9,19H,10H2,1-4H3. The van der Waals surface area contributed by atoms with Gasteiger partial charge in [-0.05, 0) is 57.1 Å². The predicted molar refractivity (Wildman–Crippen MR) is 84.9 cm³/mol. The van der Waals surface area contributed by atoms with Crippen LogP contribution in [0.1, 0.15) is 22.3 Å². The average Bonchev–Trinajstić information content (AvgIpc) is 2.39. The van der Waals surface area contributed by atoms with Gasteiger partial charge in [0.25, 0.3) is 0 Å². The van der Waals surface area contributed by atoms with Crippen LogP contribution in [0.25, 0.3) is 0 Å². The molecule has 0 aromatic heterocycles. The van der Waals surface area contributed by atoms with E-state index in [1.54, 1.807) is 0 Å². The summed E-state index contributed by atoms with van der Waals surface area (Å²) in [5, 5.41) is 3.97. The SMILES string of the molecule is CNCc1cc(C)ccc1Oc1cc(C)c(Cl)c(C)c1. The Morgan fingerprint density at radius 3 is 2.30 bits per heavy atom. The molecule has 2 aromatic carbocycles. The third-order valence-electron chi connectivity index (χ3n) is 3.22. The number of rotatable bonds is 4. The van der Waals surface area contributed by atoms with Crippen molar-refractivity contribution in [1.82, 2.24) is 5.32 Å². The van der Waals surface area contributed by atoms with Crippen LogP contribution in [0.5, 0.6) is 11.5 Å². The van der Waals surface area contributed by atoms with E-state index >= 15 is 0 Å². The highest BCUT2D eigenvalue weighted by Gasteiger charge is 2.08. The number of hydrogen-bond donors (Lipinski definition) is 1. The van der Waals surface area contributed by atoms with E-state index in [9.17, 15) is 0 Å². The van der Waals surface area contributed by atoms with Crippen LogP contribution in [-0.4, -0.2) is 7.05 Å². The maximum Gasteiger partial charge on any atom is 0.131 e. The fourth-order valence-electron chi connectivity index (χ4n) is 2.23. The molecule has 2 nitrogen and oxygen atoms in total. The van der Waals surface area contributed by atoms with Gasteiger partial charge in [-0.25, -0.2) is 0 Å². The van der Waals surface area contributed by atoms with Gasteiger partial charge in [0, 0.05) is 17.1 Å². The second-order valence-corrected chi connectivity index (χ2v) is 5.49. The second-order valence-electron chi connectivity index (χ2n) is 5.11. The zero-order valence-corrected chi connectivity index (χ0v) is 13.1. The normalized spacial score (nSPS) is 10.7. The number of hydrogen-bond acceptors (Lipinski definition) is 2. The Balaban J connectivity index is 2.34. The summed E-state index contributed by atoms with van der Waals surface area (Å²) in [6.07, 6.45) is 0. The molecule has 2 aromatic rings. The first-order valence-corrected chi connectivity index (χ1v) is 7.08. The number of halogens is 1. The Morgan fingerprint density at radius 2 is 1.70 bits per heavy atom. The molecule has 106 valence electrons. The summed E-state index contributed by atoms with van der Waals surface area (Å²) in [6.45, 7) is 6.85. The van der Waals surface area contributed by atoms with Gasteiger partial charge >= 0.3 is 0 Å². The summed E-state index contributed by atoms with van der Waals surface area (Å²) in [6, 6.07) is 10.2. The first kappa shape index (κ1) is 14.9. The van der Waals surface area contributed by atoms with Gasteiger partial charge in [-0.3, -0.25) is 0 Å². The molecule has 0 bridgehead atoms. The third kappa shape index (κ3) is 3.33. The highest BCUT2D eigenvalue weighted by molar-refractivity contribution is 6.32. The van der Waals surface area contributed by atoms with Crippen LogP contribution in [0, 0.1) is 20.8 Å². The summed E-state index contributed by atoms with van der Waals surface area (Å²) < 4.78 is 6.04. The van der Waals surface area contributed by atoms with Crippen LogP contribution >= 0.6 is 11.6 Å². The molecular formula is C17H20ClNO. The quantitative estimate of drug-likeness (QED) is 0.875. The summed E-state index contributed by atoms with van der Waals surface area (Å²) in [4.78, 5) is 0. The van der Waals surface area contributed by atoms with Crippen molar-refractivity contribution in [2.75, 3.05) is 7.05 Å². The maximum absolute atomic E-state index is 6.19. The average molecular weight is 290 g/mol. The molecule has 0 fully saturated rings. The fraction of sp³-hybridized carbons (Fsp3) is 0.294. The molecule has 0 aliphatic carbocycles. The molecule has 0 spiro atoms. The van der Waals surface area contributed by atoms with E-state index < -0.39 is 0 Å². The van der Waals surface area contributed by atoms with Crippen molar-refractivity contribution in [3.8, 4) is 11.5 Å². The second kappa shape index (κ2) is 6.29. The monoisotopic (exact) mass is 289 g/mol. The number of benzene rings is 2. The van der Waals surface area contributed by atoms with Crippen molar-refractivity contribution >= 4 is 11.6 Å². The van der Waals surface area contributed by atoms with Gasteiger partial charge in [0.05, 0.1) is 0 Å². The minimum absolute atomic E-state index is 0.780. The lowest BCUT2D eigenvalue weighted by Crippen LogP contribution is -2.06. The first-order chi connectivity index (χ1) is 9.51. The molecule has 1 N–H and O–H groups in total. The highest BCUT2D eigenvalue weighted by atomic mass is 35.5. The summed E-state index contributed by atoms with van der Waals surface area (Å²) in [5.74, 6) is 1.71. The molecule has 20 heavy (non-hydrogen) atoms. The van der Waals surface area contributed by atoms with Crippen molar-refractivity contribution in [1.29, 1.82) is 0 Å². The van der Waals surface area contributed by atoms with E-state index in [2.05, 4.69) is 24.4 Å². The summed E-state index contributed by atoms with van der Waals surface area (Å²) >= 11 is 6.19. The van der Waals surface area contributed by atoms with Gasteiger partial charge in [-0.15, -0.1) is 0 Å². The van der Waals surface area contributed by atoms with Crippen LogP contribution in [0.15, 0.2) is 30.3 Å². The Kier molecular flexibility index (Phi) is 4.69. The molecule has 0 saturated heterocycles. The predicted octanol–water partition coefficient (Wildman–Crippen LogP) is 4.78. The van der Waals surface area contributed by atoms with E-state index in [0.717, 1.165) is 39.8 Å². The van der Waals surface area contributed by atoms with Gasteiger partial charge in [0.1, 0.15) is 11.5 Å². The van der Waals surface area contributed by atoms with Crippen LogP contribution in [-0.2, 0) is 6.54 Å². The Labute approximate surface area is 125 Å².